The first-order valence-corrected chi connectivity index (χ1v) is 7.46. The molecule has 18 heavy (non-hydrogen) atoms. The molecule has 0 atom stereocenters. The molecule has 106 valence electrons. The predicted molar refractivity (Wildman–Crippen MR) is 82.7 cm³/mol. The van der Waals surface area contributed by atoms with E-state index < -0.39 is 0 Å². The van der Waals surface area contributed by atoms with Crippen LogP contribution in [-0.2, 0) is 0 Å². The van der Waals surface area contributed by atoms with Gasteiger partial charge in [0.2, 0.25) is 0 Å². The lowest BCUT2D eigenvalue weighted by atomic mass is 9.62. The average molecular weight is 250 g/mol. The SMILES string of the molecule is CC(C)(C)C(=C1C(C)(C)CCC1(C)C)C(C)(C)C. The highest BCUT2D eigenvalue weighted by molar-refractivity contribution is 5.36. The monoisotopic (exact) mass is 250 g/mol. The molecule has 1 fully saturated rings. The van der Waals surface area contributed by atoms with Crippen molar-refractivity contribution < 1.29 is 0 Å². The van der Waals surface area contributed by atoms with Crippen LogP contribution in [0, 0.1) is 21.7 Å². The van der Waals surface area contributed by atoms with Gasteiger partial charge in [0.15, 0.2) is 0 Å². The van der Waals surface area contributed by atoms with Crippen LogP contribution < -0.4 is 0 Å². The van der Waals surface area contributed by atoms with Crippen molar-refractivity contribution in [3.63, 3.8) is 0 Å². The lowest BCUT2D eigenvalue weighted by Crippen LogP contribution is -2.31. The Morgan fingerprint density at radius 3 is 1.22 bits per heavy atom. The van der Waals surface area contributed by atoms with Crippen LogP contribution in [0.15, 0.2) is 11.1 Å². The van der Waals surface area contributed by atoms with Gasteiger partial charge in [0, 0.05) is 0 Å². The zero-order valence-electron chi connectivity index (χ0n) is 14.4. The second-order valence-electron chi connectivity index (χ2n) is 9.52. The van der Waals surface area contributed by atoms with Gasteiger partial charge in [-0.25, -0.2) is 0 Å². The first-order valence-electron chi connectivity index (χ1n) is 7.46. The Bertz CT molecular complexity index is 316. The molecule has 0 amide bonds. The van der Waals surface area contributed by atoms with E-state index in [9.17, 15) is 0 Å². The lowest BCUT2D eigenvalue weighted by molar-refractivity contribution is 0.316. The van der Waals surface area contributed by atoms with Crippen LogP contribution >= 0.6 is 0 Å². The fraction of sp³-hybridized carbons (Fsp3) is 0.889. The van der Waals surface area contributed by atoms with Crippen LogP contribution in [-0.4, -0.2) is 0 Å². The van der Waals surface area contributed by atoms with E-state index in [-0.39, 0.29) is 10.8 Å². The first kappa shape index (κ1) is 15.8. The quantitative estimate of drug-likeness (QED) is 0.448. The fourth-order valence-corrected chi connectivity index (χ4v) is 4.34. The molecular weight excluding hydrogens is 216 g/mol. The first-order chi connectivity index (χ1) is 7.70. The second kappa shape index (κ2) is 4.12. The van der Waals surface area contributed by atoms with E-state index >= 15 is 0 Å². The summed E-state index contributed by atoms with van der Waals surface area (Å²) in [5, 5.41) is 0. The van der Waals surface area contributed by atoms with Crippen LogP contribution in [0.5, 0.6) is 0 Å². The van der Waals surface area contributed by atoms with Crippen LogP contribution in [0.4, 0.5) is 0 Å². The molecule has 0 spiro atoms. The van der Waals surface area contributed by atoms with Crippen molar-refractivity contribution in [2.75, 3.05) is 0 Å². The maximum absolute atomic E-state index is 2.44. The lowest BCUT2D eigenvalue weighted by Gasteiger charge is -2.43. The molecule has 0 heterocycles. The van der Waals surface area contributed by atoms with Crippen molar-refractivity contribution in [1.29, 1.82) is 0 Å². The predicted octanol–water partition coefficient (Wildman–Crippen LogP) is 6.22. The smallest absolute Gasteiger partial charge is 0.0136 e. The number of allylic oxidation sites excluding steroid dienone is 2. The Balaban J connectivity index is 3.63. The molecule has 0 aliphatic heterocycles. The normalized spacial score (nSPS) is 23.3. The Hall–Kier alpha value is -0.260. The highest BCUT2D eigenvalue weighted by atomic mass is 14.5. The van der Waals surface area contributed by atoms with Crippen molar-refractivity contribution in [2.24, 2.45) is 21.7 Å². The summed E-state index contributed by atoms with van der Waals surface area (Å²) in [5.74, 6) is 0. The molecule has 0 heteroatoms. The molecule has 0 aromatic rings. The van der Waals surface area contributed by atoms with Crippen molar-refractivity contribution in [3.8, 4) is 0 Å². The molecule has 0 unspecified atom stereocenters. The minimum atomic E-state index is 0.256. The summed E-state index contributed by atoms with van der Waals surface area (Å²) in [7, 11) is 0. The van der Waals surface area contributed by atoms with Gasteiger partial charge >= 0.3 is 0 Å². The van der Waals surface area contributed by atoms with Crippen LogP contribution in [0.1, 0.15) is 82.1 Å². The maximum atomic E-state index is 2.44. The minimum absolute atomic E-state index is 0.256. The number of hydrogen-bond acceptors (Lipinski definition) is 0. The third kappa shape index (κ3) is 2.83. The Labute approximate surface area is 115 Å². The van der Waals surface area contributed by atoms with Gasteiger partial charge in [-0.15, -0.1) is 0 Å². The molecule has 0 radical (unpaired) electrons. The third-order valence-electron chi connectivity index (χ3n) is 4.48. The van der Waals surface area contributed by atoms with E-state index in [4.69, 9.17) is 0 Å². The van der Waals surface area contributed by atoms with E-state index in [1.54, 1.807) is 11.1 Å². The van der Waals surface area contributed by atoms with Crippen LogP contribution in [0.3, 0.4) is 0 Å². The van der Waals surface area contributed by atoms with Gasteiger partial charge in [-0.3, -0.25) is 0 Å². The zero-order valence-corrected chi connectivity index (χ0v) is 14.4. The highest BCUT2D eigenvalue weighted by Gasteiger charge is 2.47. The van der Waals surface area contributed by atoms with Crippen LogP contribution in [0.25, 0.3) is 0 Å². The summed E-state index contributed by atoms with van der Waals surface area (Å²) in [6.45, 7) is 24.0. The van der Waals surface area contributed by atoms with Gasteiger partial charge in [-0.1, -0.05) is 80.4 Å². The summed E-state index contributed by atoms with van der Waals surface area (Å²) in [6.07, 6.45) is 2.65. The average Bonchev–Trinajstić information content (AvgIpc) is 2.24. The molecule has 1 rings (SSSR count). The van der Waals surface area contributed by atoms with Gasteiger partial charge in [-0.2, -0.15) is 0 Å². The fourth-order valence-electron chi connectivity index (χ4n) is 4.34. The zero-order chi connectivity index (χ0) is 14.6. The number of hydrogen-bond donors (Lipinski definition) is 0. The molecular formula is C18H34. The highest BCUT2D eigenvalue weighted by Crippen LogP contribution is 2.59. The van der Waals surface area contributed by atoms with Gasteiger partial charge in [0.1, 0.15) is 0 Å². The van der Waals surface area contributed by atoms with Gasteiger partial charge in [0.25, 0.3) is 0 Å². The second-order valence-corrected chi connectivity index (χ2v) is 9.52. The summed E-state index contributed by atoms with van der Waals surface area (Å²) in [4.78, 5) is 0. The molecule has 1 aliphatic rings. The molecule has 0 saturated heterocycles. The summed E-state index contributed by atoms with van der Waals surface area (Å²) in [6, 6.07) is 0. The van der Waals surface area contributed by atoms with Crippen molar-refractivity contribution >= 4 is 0 Å². The standard InChI is InChI=1S/C18H34/c1-15(2,3)13(16(4,5)6)14-17(7,8)11-12-18(14,9)10/h11-12H2,1-10H3. The van der Waals surface area contributed by atoms with Gasteiger partial charge in [0.05, 0.1) is 0 Å². The van der Waals surface area contributed by atoms with Gasteiger partial charge < -0.3 is 0 Å². The summed E-state index contributed by atoms with van der Waals surface area (Å²) >= 11 is 0. The molecule has 0 N–H and O–H groups in total. The molecule has 0 bridgehead atoms. The Morgan fingerprint density at radius 1 is 0.722 bits per heavy atom. The van der Waals surface area contributed by atoms with Crippen LogP contribution in [0.2, 0.25) is 0 Å². The van der Waals surface area contributed by atoms with E-state index in [1.165, 1.54) is 12.8 Å². The van der Waals surface area contributed by atoms with E-state index in [2.05, 4.69) is 69.2 Å². The van der Waals surface area contributed by atoms with E-state index in [1.807, 2.05) is 0 Å². The van der Waals surface area contributed by atoms with Crippen molar-refractivity contribution in [2.45, 2.75) is 82.1 Å². The largest absolute Gasteiger partial charge is 0.0592 e. The molecule has 0 aromatic heterocycles. The van der Waals surface area contributed by atoms with Gasteiger partial charge in [-0.05, 0) is 34.5 Å². The Morgan fingerprint density at radius 2 is 1.00 bits per heavy atom. The number of rotatable bonds is 0. The minimum Gasteiger partial charge on any atom is -0.0592 e. The third-order valence-corrected chi connectivity index (χ3v) is 4.48. The van der Waals surface area contributed by atoms with E-state index in [0.29, 0.717) is 10.8 Å². The van der Waals surface area contributed by atoms with Crippen molar-refractivity contribution in [1.82, 2.24) is 0 Å². The molecule has 1 aliphatic carbocycles. The van der Waals surface area contributed by atoms with E-state index in [0.717, 1.165) is 0 Å². The topological polar surface area (TPSA) is 0 Å². The maximum Gasteiger partial charge on any atom is -0.0136 e. The van der Waals surface area contributed by atoms with Crippen molar-refractivity contribution in [3.05, 3.63) is 11.1 Å². The molecule has 0 nitrogen and oxygen atoms in total. The Kier molecular flexibility index (Phi) is 3.61. The summed E-state index contributed by atoms with van der Waals surface area (Å²) < 4.78 is 0. The molecule has 1 saturated carbocycles. The molecule has 0 aromatic carbocycles. The summed E-state index contributed by atoms with van der Waals surface area (Å²) in [5.41, 5.74) is 4.65.